The van der Waals surface area contributed by atoms with Crippen molar-refractivity contribution < 1.29 is 5.11 Å². The maximum atomic E-state index is 10.0. The Labute approximate surface area is 116 Å². The number of nitrogens with one attached hydrogen (secondary N) is 1. The van der Waals surface area contributed by atoms with E-state index >= 15 is 0 Å². The van der Waals surface area contributed by atoms with Crippen LogP contribution in [0.5, 0.6) is 0 Å². The van der Waals surface area contributed by atoms with Gasteiger partial charge in [-0.15, -0.1) is 11.3 Å². The van der Waals surface area contributed by atoms with E-state index in [1.807, 2.05) is 31.4 Å². The summed E-state index contributed by atoms with van der Waals surface area (Å²) in [7, 11) is 0. The van der Waals surface area contributed by atoms with E-state index in [0.717, 1.165) is 22.6 Å². The number of aryl methyl sites for hydroxylation is 1. The van der Waals surface area contributed by atoms with Gasteiger partial charge in [0.2, 0.25) is 5.95 Å². The molecule has 2 heterocycles. The molecule has 0 aliphatic rings. The SMILES string of the molecule is CCc1nc(N)nc(NC[C@H](O)c2cccs2)c1C. The summed E-state index contributed by atoms with van der Waals surface area (Å²) in [6.07, 6.45) is 0.265. The van der Waals surface area contributed by atoms with Crippen molar-refractivity contribution in [3.63, 3.8) is 0 Å². The number of aliphatic hydroxyl groups is 1. The van der Waals surface area contributed by atoms with Gasteiger partial charge >= 0.3 is 0 Å². The van der Waals surface area contributed by atoms with E-state index in [-0.39, 0.29) is 5.95 Å². The van der Waals surface area contributed by atoms with Crippen LogP contribution < -0.4 is 11.1 Å². The fourth-order valence-electron chi connectivity index (χ4n) is 1.87. The van der Waals surface area contributed by atoms with E-state index in [2.05, 4.69) is 15.3 Å². The van der Waals surface area contributed by atoms with E-state index in [1.165, 1.54) is 11.3 Å². The molecule has 0 saturated heterocycles. The maximum Gasteiger partial charge on any atom is 0.222 e. The molecule has 0 bridgehead atoms. The molecule has 6 heteroatoms. The molecule has 0 aliphatic carbocycles. The van der Waals surface area contributed by atoms with Crippen molar-refractivity contribution in [3.05, 3.63) is 33.6 Å². The smallest absolute Gasteiger partial charge is 0.222 e. The first kappa shape index (κ1) is 13.8. The highest BCUT2D eigenvalue weighted by atomic mass is 32.1. The normalized spacial score (nSPS) is 12.4. The molecule has 0 spiro atoms. The summed E-state index contributed by atoms with van der Waals surface area (Å²) in [5.74, 6) is 0.954. The largest absolute Gasteiger partial charge is 0.386 e. The number of nitrogens with two attached hydrogens (primary N) is 1. The number of aliphatic hydroxyl groups excluding tert-OH is 1. The number of rotatable bonds is 5. The predicted octanol–water partition coefficient (Wildman–Crippen LogP) is 2.14. The molecule has 1 atom stereocenters. The average molecular weight is 278 g/mol. The van der Waals surface area contributed by atoms with Crippen molar-refractivity contribution in [3.8, 4) is 0 Å². The van der Waals surface area contributed by atoms with Crippen molar-refractivity contribution in [2.24, 2.45) is 0 Å². The van der Waals surface area contributed by atoms with Gasteiger partial charge in [-0.3, -0.25) is 0 Å². The van der Waals surface area contributed by atoms with Gasteiger partial charge in [0.15, 0.2) is 0 Å². The molecule has 0 amide bonds. The average Bonchev–Trinajstić information content (AvgIpc) is 2.93. The molecule has 19 heavy (non-hydrogen) atoms. The van der Waals surface area contributed by atoms with E-state index in [4.69, 9.17) is 5.73 Å². The lowest BCUT2D eigenvalue weighted by Gasteiger charge is -2.14. The molecule has 4 N–H and O–H groups in total. The molecule has 0 unspecified atom stereocenters. The number of hydrogen-bond acceptors (Lipinski definition) is 6. The molecular formula is C13H18N4OS. The third-order valence-corrected chi connectivity index (χ3v) is 3.91. The lowest BCUT2D eigenvalue weighted by Crippen LogP contribution is -2.15. The van der Waals surface area contributed by atoms with Gasteiger partial charge in [0.05, 0.1) is 5.69 Å². The highest BCUT2D eigenvalue weighted by Crippen LogP contribution is 2.21. The van der Waals surface area contributed by atoms with Crippen LogP contribution in [0.2, 0.25) is 0 Å². The molecule has 102 valence electrons. The van der Waals surface area contributed by atoms with Crippen LogP contribution >= 0.6 is 11.3 Å². The predicted molar refractivity (Wildman–Crippen MR) is 78.3 cm³/mol. The van der Waals surface area contributed by atoms with Crippen LogP contribution in [0.4, 0.5) is 11.8 Å². The zero-order valence-electron chi connectivity index (χ0n) is 11.1. The van der Waals surface area contributed by atoms with Crippen LogP contribution in [-0.4, -0.2) is 21.6 Å². The second-order valence-electron chi connectivity index (χ2n) is 4.27. The van der Waals surface area contributed by atoms with Crippen LogP contribution in [0.15, 0.2) is 17.5 Å². The minimum atomic E-state index is -0.541. The minimum absolute atomic E-state index is 0.260. The van der Waals surface area contributed by atoms with Gasteiger partial charge in [0.1, 0.15) is 11.9 Å². The highest BCUT2D eigenvalue weighted by molar-refractivity contribution is 7.10. The lowest BCUT2D eigenvalue weighted by molar-refractivity contribution is 0.195. The zero-order valence-corrected chi connectivity index (χ0v) is 11.9. The molecule has 5 nitrogen and oxygen atoms in total. The Morgan fingerprint density at radius 2 is 2.26 bits per heavy atom. The summed E-state index contributed by atoms with van der Waals surface area (Å²) in [6, 6.07) is 3.84. The standard InChI is InChI=1S/C13H18N4OS/c1-3-9-8(2)12(17-13(14)16-9)15-7-10(18)11-5-4-6-19-11/h4-6,10,18H,3,7H2,1-2H3,(H3,14,15,16,17)/t10-/m0/s1. The molecule has 2 aromatic rings. The second-order valence-corrected chi connectivity index (χ2v) is 5.25. The first-order chi connectivity index (χ1) is 9.11. The van der Waals surface area contributed by atoms with E-state index in [9.17, 15) is 5.11 Å². The second kappa shape index (κ2) is 5.99. The van der Waals surface area contributed by atoms with Gasteiger partial charge in [0.25, 0.3) is 0 Å². The summed E-state index contributed by atoms with van der Waals surface area (Å²) in [5.41, 5.74) is 7.59. The number of thiophene rings is 1. The summed E-state index contributed by atoms with van der Waals surface area (Å²) < 4.78 is 0. The molecule has 0 aromatic carbocycles. The number of nitrogen functional groups attached to an aromatic ring is 1. The van der Waals surface area contributed by atoms with Crippen LogP contribution in [0.1, 0.15) is 29.2 Å². The number of aromatic nitrogens is 2. The Morgan fingerprint density at radius 1 is 1.47 bits per heavy atom. The van der Waals surface area contributed by atoms with Crippen LogP contribution in [-0.2, 0) is 6.42 Å². The lowest BCUT2D eigenvalue weighted by atomic mass is 10.2. The van der Waals surface area contributed by atoms with Gasteiger partial charge in [0, 0.05) is 17.0 Å². The maximum absolute atomic E-state index is 10.0. The highest BCUT2D eigenvalue weighted by Gasteiger charge is 2.12. The summed E-state index contributed by atoms with van der Waals surface area (Å²) >= 11 is 1.53. The molecule has 2 rings (SSSR count). The molecule has 0 saturated carbocycles. The van der Waals surface area contributed by atoms with Crippen molar-refractivity contribution in [2.75, 3.05) is 17.6 Å². The Hall–Kier alpha value is -1.66. The summed E-state index contributed by atoms with van der Waals surface area (Å²) in [6.45, 7) is 4.39. The van der Waals surface area contributed by atoms with Crippen LogP contribution in [0.3, 0.4) is 0 Å². The summed E-state index contributed by atoms with van der Waals surface area (Å²) in [5, 5.41) is 15.1. The van der Waals surface area contributed by atoms with Crippen molar-refractivity contribution in [1.82, 2.24) is 9.97 Å². The quantitative estimate of drug-likeness (QED) is 0.780. The third-order valence-electron chi connectivity index (χ3n) is 2.93. The molecule has 0 aliphatic heterocycles. The molecule has 0 fully saturated rings. The van der Waals surface area contributed by atoms with Gasteiger partial charge in [-0.1, -0.05) is 13.0 Å². The van der Waals surface area contributed by atoms with Crippen LogP contribution in [0, 0.1) is 6.92 Å². The Morgan fingerprint density at radius 3 is 2.89 bits per heavy atom. The minimum Gasteiger partial charge on any atom is -0.386 e. The monoisotopic (exact) mass is 278 g/mol. The van der Waals surface area contributed by atoms with Crippen molar-refractivity contribution in [2.45, 2.75) is 26.4 Å². The summed E-state index contributed by atoms with van der Waals surface area (Å²) in [4.78, 5) is 9.31. The van der Waals surface area contributed by atoms with E-state index < -0.39 is 6.10 Å². The van der Waals surface area contributed by atoms with Gasteiger partial charge in [-0.05, 0) is 24.8 Å². The van der Waals surface area contributed by atoms with Gasteiger partial charge in [-0.2, -0.15) is 4.98 Å². The van der Waals surface area contributed by atoms with Crippen molar-refractivity contribution >= 4 is 23.1 Å². The van der Waals surface area contributed by atoms with Crippen LogP contribution in [0.25, 0.3) is 0 Å². The first-order valence-corrected chi connectivity index (χ1v) is 7.08. The number of nitrogens with zero attached hydrogens (tertiary/aromatic N) is 2. The van der Waals surface area contributed by atoms with E-state index in [1.54, 1.807) is 0 Å². The Bertz CT molecular complexity index is 542. The fraction of sp³-hybridized carbons (Fsp3) is 0.385. The van der Waals surface area contributed by atoms with Crippen molar-refractivity contribution in [1.29, 1.82) is 0 Å². The molecule has 0 radical (unpaired) electrons. The first-order valence-electron chi connectivity index (χ1n) is 6.20. The molecular weight excluding hydrogens is 260 g/mol. The van der Waals surface area contributed by atoms with E-state index in [0.29, 0.717) is 12.4 Å². The third kappa shape index (κ3) is 3.21. The number of hydrogen-bond donors (Lipinski definition) is 3. The van der Waals surface area contributed by atoms with Gasteiger partial charge < -0.3 is 16.2 Å². The Balaban J connectivity index is 2.09. The zero-order chi connectivity index (χ0) is 13.8. The Kier molecular flexibility index (Phi) is 4.34. The number of anilines is 2. The fourth-order valence-corrected chi connectivity index (χ4v) is 2.59. The molecule has 2 aromatic heterocycles. The topological polar surface area (TPSA) is 84.1 Å². The van der Waals surface area contributed by atoms with Gasteiger partial charge in [-0.25, -0.2) is 4.98 Å².